The van der Waals surface area contributed by atoms with Crippen molar-refractivity contribution in [3.8, 4) is 0 Å². The van der Waals surface area contributed by atoms with Crippen LogP contribution < -0.4 is 5.32 Å². The summed E-state index contributed by atoms with van der Waals surface area (Å²) in [5.41, 5.74) is 0.461. The van der Waals surface area contributed by atoms with E-state index in [1.807, 2.05) is 0 Å². The number of nitrogens with one attached hydrogen (secondary N) is 1. The normalized spacial score (nSPS) is 22.2. The molecule has 0 saturated heterocycles. The second-order valence-electron chi connectivity index (χ2n) is 6.21. The summed E-state index contributed by atoms with van der Waals surface area (Å²) in [6.45, 7) is 8.15. The van der Waals surface area contributed by atoms with E-state index in [-0.39, 0.29) is 0 Å². The fourth-order valence-electron chi connectivity index (χ4n) is 2.75. The number of hydrogen-bond donors (Lipinski definition) is 1. The van der Waals surface area contributed by atoms with E-state index >= 15 is 0 Å². The number of nitrogens with zero attached hydrogens (tertiary/aromatic N) is 1. The van der Waals surface area contributed by atoms with E-state index in [0.29, 0.717) is 11.6 Å². The molecule has 1 rings (SSSR count). The Balaban J connectivity index is 2.36. The summed E-state index contributed by atoms with van der Waals surface area (Å²) in [6, 6.07) is 0.711. The molecule has 1 aliphatic carbocycles. The summed E-state index contributed by atoms with van der Waals surface area (Å²) >= 11 is 0. The van der Waals surface area contributed by atoms with Crippen molar-refractivity contribution in [1.82, 2.24) is 10.2 Å². The van der Waals surface area contributed by atoms with Gasteiger partial charge in [0.2, 0.25) is 0 Å². The van der Waals surface area contributed by atoms with Gasteiger partial charge in [0.05, 0.1) is 0 Å². The molecule has 0 aromatic heterocycles. The van der Waals surface area contributed by atoms with Gasteiger partial charge in [-0.25, -0.2) is 0 Å². The second kappa shape index (κ2) is 6.75. The Kier molecular flexibility index (Phi) is 5.94. The molecule has 0 aliphatic heterocycles. The summed E-state index contributed by atoms with van der Waals surface area (Å²) in [5.74, 6) is 0.851. The Bertz CT molecular complexity index is 209. The average Bonchev–Trinajstić information content (AvgIpc) is 2.25. The SMILES string of the molecule is CCC(C)CC(CC)NCC1(N(C)C)CCC1. The molecule has 0 spiro atoms. The Morgan fingerprint density at radius 2 is 1.82 bits per heavy atom. The third-order valence-corrected chi connectivity index (χ3v) is 4.83. The quantitative estimate of drug-likeness (QED) is 0.700. The van der Waals surface area contributed by atoms with Crippen molar-refractivity contribution in [2.45, 2.75) is 70.9 Å². The number of hydrogen-bond acceptors (Lipinski definition) is 2. The summed E-state index contributed by atoms with van der Waals surface area (Å²) in [6.07, 6.45) is 8.03. The first-order valence-corrected chi connectivity index (χ1v) is 7.45. The Hall–Kier alpha value is -0.0800. The van der Waals surface area contributed by atoms with Crippen LogP contribution in [-0.2, 0) is 0 Å². The predicted octanol–water partition coefficient (Wildman–Crippen LogP) is 3.28. The first-order chi connectivity index (χ1) is 8.04. The summed E-state index contributed by atoms with van der Waals surface area (Å²) in [4.78, 5) is 2.43. The lowest BCUT2D eigenvalue weighted by atomic mass is 9.75. The van der Waals surface area contributed by atoms with Crippen molar-refractivity contribution < 1.29 is 0 Å². The molecule has 0 heterocycles. The molecule has 2 unspecified atom stereocenters. The Morgan fingerprint density at radius 3 is 2.18 bits per heavy atom. The highest BCUT2D eigenvalue weighted by Crippen LogP contribution is 2.35. The molecule has 2 heteroatoms. The van der Waals surface area contributed by atoms with Gasteiger partial charge in [-0.1, -0.05) is 27.2 Å². The van der Waals surface area contributed by atoms with E-state index in [1.165, 1.54) is 45.1 Å². The largest absolute Gasteiger partial charge is 0.312 e. The highest BCUT2D eigenvalue weighted by Gasteiger charge is 2.38. The van der Waals surface area contributed by atoms with Crippen LogP contribution >= 0.6 is 0 Å². The minimum Gasteiger partial charge on any atom is -0.312 e. The fraction of sp³-hybridized carbons (Fsp3) is 1.00. The average molecular weight is 240 g/mol. The first kappa shape index (κ1) is 15.0. The van der Waals surface area contributed by atoms with Crippen LogP contribution in [0, 0.1) is 5.92 Å². The van der Waals surface area contributed by atoms with Crippen LogP contribution in [0.1, 0.15) is 59.3 Å². The third-order valence-electron chi connectivity index (χ3n) is 4.83. The standard InChI is InChI=1S/C15H32N2/c1-6-13(3)11-14(7-2)16-12-15(17(4)5)9-8-10-15/h13-14,16H,6-12H2,1-5H3. The molecule has 0 amide bonds. The molecule has 2 nitrogen and oxygen atoms in total. The second-order valence-corrected chi connectivity index (χ2v) is 6.21. The van der Waals surface area contributed by atoms with Crippen molar-refractivity contribution in [2.24, 2.45) is 5.92 Å². The number of rotatable bonds is 8. The lowest BCUT2D eigenvalue weighted by Gasteiger charge is -2.48. The first-order valence-electron chi connectivity index (χ1n) is 7.45. The topological polar surface area (TPSA) is 15.3 Å². The van der Waals surface area contributed by atoms with Crippen LogP contribution in [0.25, 0.3) is 0 Å². The molecule has 1 fully saturated rings. The zero-order chi connectivity index (χ0) is 12.9. The van der Waals surface area contributed by atoms with Crippen LogP contribution in [0.3, 0.4) is 0 Å². The zero-order valence-electron chi connectivity index (χ0n) is 12.6. The van der Waals surface area contributed by atoms with E-state index in [1.54, 1.807) is 0 Å². The van der Waals surface area contributed by atoms with Crippen molar-refractivity contribution in [1.29, 1.82) is 0 Å². The molecule has 1 aliphatic rings. The Labute approximate surface area is 108 Å². The molecule has 102 valence electrons. The predicted molar refractivity (Wildman–Crippen MR) is 76.4 cm³/mol. The summed E-state index contributed by atoms with van der Waals surface area (Å²) in [7, 11) is 4.47. The maximum Gasteiger partial charge on any atom is 0.0328 e. The molecule has 0 bridgehead atoms. The van der Waals surface area contributed by atoms with Gasteiger partial charge >= 0.3 is 0 Å². The highest BCUT2D eigenvalue weighted by atomic mass is 15.2. The molecular weight excluding hydrogens is 208 g/mol. The van der Waals surface area contributed by atoms with E-state index in [0.717, 1.165) is 5.92 Å². The van der Waals surface area contributed by atoms with E-state index in [4.69, 9.17) is 0 Å². The lowest BCUT2D eigenvalue weighted by molar-refractivity contribution is 0.0560. The van der Waals surface area contributed by atoms with Gasteiger partial charge in [0.1, 0.15) is 0 Å². The lowest BCUT2D eigenvalue weighted by Crippen LogP contribution is -2.57. The molecule has 0 aromatic carbocycles. The van der Waals surface area contributed by atoms with Gasteiger partial charge in [0.15, 0.2) is 0 Å². The van der Waals surface area contributed by atoms with Crippen molar-refractivity contribution in [3.63, 3.8) is 0 Å². The van der Waals surface area contributed by atoms with Crippen molar-refractivity contribution in [2.75, 3.05) is 20.6 Å². The van der Waals surface area contributed by atoms with Gasteiger partial charge < -0.3 is 10.2 Å². The van der Waals surface area contributed by atoms with Crippen LogP contribution in [0.15, 0.2) is 0 Å². The van der Waals surface area contributed by atoms with Crippen LogP contribution in [0.5, 0.6) is 0 Å². The van der Waals surface area contributed by atoms with E-state index in [2.05, 4.69) is 45.1 Å². The fourth-order valence-corrected chi connectivity index (χ4v) is 2.75. The maximum absolute atomic E-state index is 3.82. The van der Waals surface area contributed by atoms with Gasteiger partial charge in [0, 0.05) is 18.1 Å². The minimum atomic E-state index is 0.461. The summed E-state index contributed by atoms with van der Waals surface area (Å²) < 4.78 is 0. The monoisotopic (exact) mass is 240 g/mol. The molecule has 0 aromatic rings. The molecular formula is C15H32N2. The third kappa shape index (κ3) is 3.96. The Morgan fingerprint density at radius 1 is 1.18 bits per heavy atom. The molecule has 0 radical (unpaired) electrons. The van der Waals surface area contributed by atoms with Crippen LogP contribution in [0.4, 0.5) is 0 Å². The maximum atomic E-state index is 3.82. The minimum absolute atomic E-state index is 0.461. The molecule has 17 heavy (non-hydrogen) atoms. The van der Waals surface area contributed by atoms with Gasteiger partial charge in [-0.15, -0.1) is 0 Å². The van der Waals surface area contributed by atoms with Crippen molar-refractivity contribution >= 4 is 0 Å². The van der Waals surface area contributed by atoms with E-state index < -0.39 is 0 Å². The zero-order valence-corrected chi connectivity index (χ0v) is 12.6. The van der Waals surface area contributed by atoms with Crippen molar-refractivity contribution in [3.05, 3.63) is 0 Å². The molecule has 1 saturated carbocycles. The van der Waals surface area contributed by atoms with Gasteiger partial charge in [-0.2, -0.15) is 0 Å². The van der Waals surface area contributed by atoms with Crippen LogP contribution in [0.2, 0.25) is 0 Å². The summed E-state index contributed by atoms with van der Waals surface area (Å²) in [5, 5.41) is 3.82. The number of likely N-dealkylation sites (N-methyl/N-ethyl adjacent to an activating group) is 1. The highest BCUT2D eigenvalue weighted by molar-refractivity contribution is 4.98. The van der Waals surface area contributed by atoms with Gasteiger partial charge in [-0.3, -0.25) is 0 Å². The molecule has 1 N–H and O–H groups in total. The van der Waals surface area contributed by atoms with Crippen LogP contribution in [-0.4, -0.2) is 37.1 Å². The smallest absolute Gasteiger partial charge is 0.0328 e. The van der Waals surface area contributed by atoms with Gasteiger partial charge in [-0.05, 0) is 52.1 Å². The van der Waals surface area contributed by atoms with Gasteiger partial charge in [0.25, 0.3) is 0 Å². The molecule has 2 atom stereocenters. The van der Waals surface area contributed by atoms with E-state index in [9.17, 15) is 0 Å².